The molecule has 0 aromatic heterocycles. The van der Waals surface area contributed by atoms with Gasteiger partial charge in [-0.15, -0.1) is 0 Å². The van der Waals surface area contributed by atoms with E-state index in [-0.39, 0.29) is 37.5 Å². The van der Waals surface area contributed by atoms with Crippen LogP contribution in [0.15, 0.2) is 97.2 Å². The molecule has 0 aliphatic rings. The minimum absolute atomic E-state index is 0.107. The fraction of sp³-hybridized carbons (Fsp3) is 0.683. The van der Waals surface area contributed by atoms with Crippen molar-refractivity contribution in [3.8, 4) is 0 Å². The molecule has 0 spiro atoms. The van der Waals surface area contributed by atoms with Crippen LogP contribution in [0.2, 0.25) is 0 Å². The van der Waals surface area contributed by atoms with E-state index in [1.807, 2.05) is 0 Å². The van der Waals surface area contributed by atoms with E-state index in [4.69, 9.17) is 14.2 Å². The van der Waals surface area contributed by atoms with Gasteiger partial charge in [0.1, 0.15) is 13.2 Å². The predicted octanol–water partition coefficient (Wildman–Crippen LogP) is 18.1. The van der Waals surface area contributed by atoms with Crippen molar-refractivity contribution in [1.82, 2.24) is 0 Å². The lowest BCUT2D eigenvalue weighted by atomic mass is 10.1. The molecule has 0 amide bonds. The molecule has 1 unspecified atom stereocenters. The molecule has 6 nitrogen and oxygen atoms in total. The fourth-order valence-corrected chi connectivity index (χ4v) is 7.27. The minimum Gasteiger partial charge on any atom is -0.462 e. The highest BCUT2D eigenvalue weighted by Gasteiger charge is 2.19. The van der Waals surface area contributed by atoms with Gasteiger partial charge in [0.2, 0.25) is 0 Å². The zero-order chi connectivity index (χ0) is 47.9. The first-order valence-electron chi connectivity index (χ1n) is 27.3. The first-order chi connectivity index (χ1) is 32.5. The van der Waals surface area contributed by atoms with Gasteiger partial charge in [-0.2, -0.15) is 0 Å². The van der Waals surface area contributed by atoms with Crippen LogP contribution < -0.4 is 0 Å². The third-order valence-corrected chi connectivity index (χ3v) is 11.4. The number of hydrogen-bond acceptors (Lipinski definition) is 6. The highest BCUT2D eigenvalue weighted by Crippen LogP contribution is 2.13. The number of ether oxygens (including phenoxy) is 3. The van der Waals surface area contributed by atoms with Crippen molar-refractivity contribution in [3.05, 3.63) is 97.2 Å². The van der Waals surface area contributed by atoms with E-state index < -0.39 is 6.10 Å². The van der Waals surface area contributed by atoms with Crippen LogP contribution in [0, 0.1) is 0 Å². The average Bonchev–Trinajstić information content (AvgIpc) is 3.31. The molecule has 0 N–H and O–H groups in total. The van der Waals surface area contributed by atoms with E-state index in [9.17, 15) is 14.4 Å². The molecule has 0 fully saturated rings. The van der Waals surface area contributed by atoms with E-state index in [0.717, 1.165) is 128 Å². The van der Waals surface area contributed by atoms with Crippen LogP contribution >= 0.6 is 0 Å². The van der Waals surface area contributed by atoms with E-state index in [0.29, 0.717) is 12.8 Å². The Kier molecular flexibility index (Phi) is 50.9. The van der Waals surface area contributed by atoms with Crippen molar-refractivity contribution in [3.63, 3.8) is 0 Å². The lowest BCUT2D eigenvalue weighted by Gasteiger charge is -2.18. The molecule has 0 heterocycles. The van der Waals surface area contributed by atoms with Crippen LogP contribution in [-0.2, 0) is 28.6 Å². The van der Waals surface area contributed by atoms with Crippen LogP contribution in [0.5, 0.6) is 0 Å². The molecule has 0 bridgehead atoms. The monoisotopic (exact) mass is 917 g/mol. The molecule has 0 aliphatic heterocycles. The topological polar surface area (TPSA) is 78.9 Å². The molecule has 0 aliphatic carbocycles. The number of carbonyl (C=O) groups is 3. The van der Waals surface area contributed by atoms with E-state index in [2.05, 4.69) is 118 Å². The summed E-state index contributed by atoms with van der Waals surface area (Å²) in [5.74, 6) is -0.975. The summed E-state index contributed by atoms with van der Waals surface area (Å²) in [4.78, 5) is 38.1. The highest BCUT2D eigenvalue weighted by atomic mass is 16.6. The Balaban J connectivity index is 4.51. The largest absolute Gasteiger partial charge is 0.462 e. The van der Waals surface area contributed by atoms with Gasteiger partial charge in [-0.25, -0.2) is 0 Å². The van der Waals surface area contributed by atoms with Gasteiger partial charge in [0.25, 0.3) is 0 Å². The van der Waals surface area contributed by atoms with E-state index in [1.54, 1.807) is 0 Å². The number of unbranched alkanes of at least 4 members (excludes halogenated alkanes) is 24. The Labute approximate surface area is 407 Å². The Morgan fingerprint density at radius 2 is 0.652 bits per heavy atom. The number of hydrogen-bond donors (Lipinski definition) is 0. The second kappa shape index (κ2) is 53.9. The van der Waals surface area contributed by atoms with Crippen LogP contribution in [0.3, 0.4) is 0 Å². The lowest BCUT2D eigenvalue weighted by molar-refractivity contribution is -0.167. The molecular weight excluding hydrogens is 817 g/mol. The summed E-state index contributed by atoms with van der Waals surface area (Å²) in [5.41, 5.74) is 0. The fourth-order valence-electron chi connectivity index (χ4n) is 7.27. The Bertz CT molecular complexity index is 1330. The third kappa shape index (κ3) is 51.3. The zero-order valence-corrected chi connectivity index (χ0v) is 42.9. The summed E-state index contributed by atoms with van der Waals surface area (Å²) in [5, 5.41) is 0. The summed E-state index contributed by atoms with van der Waals surface area (Å²) in [6.45, 7) is 6.44. The molecule has 0 rings (SSSR count). The summed E-state index contributed by atoms with van der Waals surface area (Å²) in [6, 6.07) is 0. The summed E-state index contributed by atoms with van der Waals surface area (Å²) in [7, 11) is 0. The van der Waals surface area contributed by atoms with Crippen molar-refractivity contribution in [2.24, 2.45) is 0 Å². The minimum atomic E-state index is -0.810. The SMILES string of the molecule is CC/C=C\C/C=C\C/C=C\CCCCCCC(=O)OCC(COC(=O)CCCCCCC\C=C/C=C\C=C/CCCCCCC)OC(=O)CCCCC/C=C\C=C/CCCCCCCCC. The van der Waals surface area contributed by atoms with Gasteiger partial charge in [-0.1, -0.05) is 221 Å². The second-order valence-corrected chi connectivity index (χ2v) is 17.8. The maximum absolute atomic E-state index is 12.8. The molecule has 1 atom stereocenters. The highest BCUT2D eigenvalue weighted by molar-refractivity contribution is 5.71. The molecule has 66 heavy (non-hydrogen) atoms. The molecule has 0 saturated heterocycles. The molecule has 0 radical (unpaired) electrons. The Morgan fingerprint density at radius 3 is 1.08 bits per heavy atom. The molecule has 0 aromatic carbocycles. The van der Waals surface area contributed by atoms with Crippen molar-refractivity contribution in [2.75, 3.05) is 13.2 Å². The van der Waals surface area contributed by atoms with Gasteiger partial charge < -0.3 is 14.2 Å². The van der Waals surface area contributed by atoms with Gasteiger partial charge in [0.15, 0.2) is 6.10 Å². The average molecular weight is 917 g/mol. The third-order valence-electron chi connectivity index (χ3n) is 11.4. The standard InChI is InChI=1S/C60H100O6/c1-4-7-10-13-16-19-22-25-28-30-31-33-35-38-41-44-47-50-53-59(62)65-56-57(55-64-58(61)52-49-46-43-40-37-34-27-24-21-18-15-12-9-6-3)66-60(63)54-51-48-45-42-39-36-32-29-26-23-20-17-14-11-8-5-2/h9,12,18,21-22,25,27-34,36,39,57H,4-8,10-11,13-17,19-20,23-24,26,35,37-38,40-56H2,1-3H3/b12-9-,21-18-,25-22-,30-28-,32-29-,33-31-,34-27-,39-36-. The van der Waals surface area contributed by atoms with Crippen molar-refractivity contribution in [1.29, 1.82) is 0 Å². The summed E-state index contributed by atoms with van der Waals surface area (Å²) in [6.07, 6.45) is 71.0. The van der Waals surface area contributed by atoms with Crippen LogP contribution in [0.25, 0.3) is 0 Å². The summed E-state index contributed by atoms with van der Waals surface area (Å²) >= 11 is 0. The maximum atomic E-state index is 12.8. The normalized spacial score (nSPS) is 12.8. The van der Waals surface area contributed by atoms with Gasteiger partial charge in [0, 0.05) is 19.3 Å². The number of carbonyl (C=O) groups excluding carboxylic acids is 3. The first kappa shape index (κ1) is 62.3. The zero-order valence-electron chi connectivity index (χ0n) is 42.9. The second-order valence-electron chi connectivity index (χ2n) is 17.8. The smallest absolute Gasteiger partial charge is 0.306 e. The molecule has 0 saturated carbocycles. The quantitative estimate of drug-likeness (QED) is 0.0199. The van der Waals surface area contributed by atoms with Crippen LogP contribution in [0.1, 0.15) is 245 Å². The van der Waals surface area contributed by atoms with Gasteiger partial charge in [0.05, 0.1) is 0 Å². The van der Waals surface area contributed by atoms with Gasteiger partial charge >= 0.3 is 17.9 Å². The lowest BCUT2D eigenvalue weighted by Crippen LogP contribution is -2.30. The Hall–Kier alpha value is -3.67. The number of allylic oxidation sites excluding steroid dienone is 16. The van der Waals surface area contributed by atoms with Gasteiger partial charge in [-0.3, -0.25) is 14.4 Å². The maximum Gasteiger partial charge on any atom is 0.306 e. The number of esters is 3. The van der Waals surface area contributed by atoms with Crippen LogP contribution in [-0.4, -0.2) is 37.2 Å². The number of rotatable bonds is 48. The molecule has 0 aromatic rings. The van der Waals surface area contributed by atoms with Crippen molar-refractivity contribution >= 4 is 17.9 Å². The van der Waals surface area contributed by atoms with E-state index in [1.165, 1.54) is 77.0 Å². The van der Waals surface area contributed by atoms with Gasteiger partial charge in [-0.05, 0) is 103 Å². The molecule has 6 heteroatoms. The van der Waals surface area contributed by atoms with Crippen molar-refractivity contribution < 1.29 is 28.6 Å². The summed E-state index contributed by atoms with van der Waals surface area (Å²) < 4.78 is 16.8. The molecular formula is C60H100O6. The van der Waals surface area contributed by atoms with Crippen molar-refractivity contribution in [2.45, 2.75) is 252 Å². The predicted molar refractivity (Wildman–Crippen MR) is 284 cm³/mol. The van der Waals surface area contributed by atoms with E-state index >= 15 is 0 Å². The Morgan fingerprint density at radius 1 is 0.333 bits per heavy atom. The van der Waals surface area contributed by atoms with Crippen LogP contribution in [0.4, 0.5) is 0 Å². The molecule has 376 valence electrons. The first-order valence-corrected chi connectivity index (χ1v) is 27.3.